The molecule has 0 bridgehead atoms. The number of nitrogens with one attached hydrogen (secondary N) is 1. The van der Waals surface area contributed by atoms with Gasteiger partial charge in [-0.2, -0.15) is 5.10 Å². The summed E-state index contributed by atoms with van der Waals surface area (Å²) in [6.07, 6.45) is 0. The predicted octanol–water partition coefficient (Wildman–Crippen LogP) is 5.58. The molecule has 2 aromatic carbocycles. The van der Waals surface area contributed by atoms with E-state index in [0.717, 1.165) is 15.7 Å². The topological polar surface area (TPSA) is 82.2 Å². The van der Waals surface area contributed by atoms with Crippen molar-refractivity contribution >= 4 is 27.5 Å². The van der Waals surface area contributed by atoms with E-state index < -0.39 is 11.7 Å². The van der Waals surface area contributed by atoms with Crippen LogP contribution in [0.15, 0.2) is 57.5 Å². The minimum absolute atomic E-state index is 0.0557. The molecule has 1 N–H and O–H groups in total. The number of nitrogens with zero attached hydrogens (tertiary/aromatic N) is 3. The maximum absolute atomic E-state index is 13.9. The molecule has 0 unspecified atom stereocenters. The van der Waals surface area contributed by atoms with Gasteiger partial charge < -0.3 is 14.6 Å². The fourth-order valence-electron chi connectivity index (χ4n) is 3.42. The molecule has 7 nitrogen and oxygen atoms in total. The molecule has 0 saturated heterocycles. The van der Waals surface area contributed by atoms with Crippen LogP contribution in [0.5, 0.6) is 5.75 Å². The Labute approximate surface area is 198 Å². The third-order valence-corrected chi connectivity index (χ3v) is 5.80. The highest BCUT2D eigenvalue weighted by Gasteiger charge is 2.23. The Bertz CT molecular complexity index is 1300. The fraction of sp³-hybridized carbons (Fsp3) is 0.208. The quantitative estimate of drug-likeness (QED) is 0.349. The van der Waals surface area contributed by atoms with Crippen LogP contribution in [0.4, 0.5) is 10.1 Å². The first-order valence-electron chi connectivity index (χ1n) is 10.3. The van der Waals surface area contributed by atoms with Crippen LogP contribution in [0.3, 0.4) is 0 Å². The van der Waals surface area contributed by atoms with Crippen LogP contribution in [0.1, 0.15) is 38.8 Å². The summed E-state index contributed by atoms with van der Waals surface area (Å²) in [7, 11) is 0. The number of aryl methyl sites for hydroxylation is 2. The lowest BCUT2D eigenvalue weighted by atomic mass is 10.2. The number of amides is 1. The average Bonchev–Trinajstić information content (AvgIpc) is 3.29. The molecule has 2 heterocycles. The number of aromatic nitrogens is 3. The first-order chi connectivity index (χ1) is 15.8. The van der Waals surface area contributed by atoms with Crippen molar-refractivity contribution in [2.75, 3.05) is 5.32 Å². The number of carbonyl (C=O) groups excluding carboxylic acids is 1. The Balaban J connectivity index is 1.51. The summed E-state index contributed by atoms with van der Waals surface area (Å²) in [4.78, 5) is 13.0. The smallest absolute Gasteiger partial charge is 0.278 e. The largest absolute Gasteiger partial charge is 0.486 e. The normalized spacial score (nSPS) is 10.9. The van der Waals surface area contributed by atoms with Gasteiger partial charge in [-0.05, 0) is 50.6 Å². The molecule has 2 aromatic heterocycles. The Morgan fingerprint density at radius 2 is 1.88 bits per heavy atom. The van der Waals surface area contributed by atoms with Crippen molar-refractivity contribution in [2.45, 2.75) is 33.9 Å². The van der Waals surface area contributed by atoms with Crippen molar-refractivity contribution in [3.8, 4) is 5.75 Å². The molecule has 4 rings (SSSR count). The van der Waals surface area contributed by atoms with Crippen molar-refractivity contribution in [3.63, 3.8) is 0 Å². The van der Waals surface area contributed by atoms with Gasteiger partial charge in [-0.25, -0.2) is 4.39 Å². The highest BCUT2D eigenvalue weighted by molar-refractivity contribution is 9.10. The molecule has 0 spiro atoms. The van der Waals surface area contributed by atoms with Crippen molar-refractivity contribution in [1.82, 2.24) is 14.9 Å². The maximum Gasteiger partial charge on any atom is 0.278 e. The molecule has 0 aliphatic carbocycles. The molecule has 0 radical (unpaired) electrons. The lowest BCUT2D eigenvalue weighted by molar-refractivity contribution is 0.101. The number of halogens is 2. The number of rotatable bonds is 7. The summed E-state index contributed by atoms with van der Waals surface area (Å²) in [6.45, 7) is 5.92. The zero-order valence-electron chi connectivity index (χ0n) is 18.4. The second kappa shape index (κ2) is 9.58. The summed E-state index contributed by atoms with van der Waals surface area (Å²) in [5.74, 6) is -0.420. The fourth-order valence-corrected chi connectivity index (χ4v) is 3.68. The number of ether oxygens (including phenoxy) is 1. The number of benzene rings is 2. The molecule has 33 heavy (non-hydrogen) atoms. The summed E-state index contributed by atoms with van der Waals surface area (Å²) in [5.41, 5.74) is 3.73. The van der Waals surface area contributed by atoms with Crippen LogP contribution in [0.25, 0.3) is 0 Å². The third kappa shape index (κ3) is 4.98. The van der Waals surface area contributed by atoms with E-state index in [-0.39, 0.29) is 18.1 Å². The summed E-state index contributed by atoms with van der Waals surface area (Å²) < 4.78 is 27.5. The number of carbonyl (C=O) groups is 1. The highest BCUT2D eigenvalue weighted by atomic mass is 79.9. The summed E-state index contributed by atoms with van der Waals surface area (Å²) >= 11 is 3.43. The van der Waals surface area contributed by atoms with Gasteiger partial charge in [0.05, 0.1) is 29.2 Å². The van der Waals surface area contributed by atoms with Crippen LogP contribution >= 0.6 is 15.9 Å². The van der Waals surface area contributed by atoms with Crippen LogP contribution < -0.4 is 10.1 Å². The number of anilines is 1. The van der Waals surface area contributed by atoms with Gasteiger partial charge in [0.2, 0.25) is 0 Å². The molecule has 4 aromatic rings. The first kappa shape index (κ1) is 22.7. The molecule has 0 fully saturated rings. The van der Waals surface area contributed by atoms with Crippen molar-refractivity contribution in [1.29, 1.82) is 0 Å². The molecule has 170 valence electrons. The van der Waals surface area contributed by atoms with Crippen LogP contribution in [-0.4, -0.2) is 20.8 Å². The minimum atomic E-state index is -0.484. The predicted molar refractivity (Wildman–Crippen MR) is 125 cm³/mol. The monoisotopic (exact) mass is 512 g/mol. The number of hydrogen-bond acceptors (Lipinski definition) is 5. The zero-order valence-corrected chi connectivity index (χ0v) is 19.9. The van der Waals surface area contributed by atoms with Gasteiger partial charge in [-0.3, -0.25) is 9.48 Å². The van der Waals surface area contributed by atoms with E-state index >= 15 is 0 Å². The highest BCUT2D eigenvalue weighted by Crippen LogP contribution is 2.24. The first-order valence-corrected chi connectivity index (χ1v) is 11.0. The molecule has 0 saturated carbocycles. The van der Waals surface area contributed by atoms with E-state index in [0.29, 0.717) is 29.2 Å². The van der Waals surface area contributed by atoms with Crippen molar-refractivity contribution < 1.29 is 18.4 Å². The van der Waals surface area contributed by atoms with E-state index in [1.807, 2.05) is 42.8 Å². The van der Waals surface area contributed by atoms with Crippen LogP contribution in [0.2, 0.25) is 0 Å². The van der Waals surface area contributed by atoms with Crippen LogP contribution in [0, 0.1) is 26.6 Å². The van der Waals surface area contributed by atoms with Gasteiger partial charge in [-0.15, -0.1) is 0 Å². The van der Waals surface area contributed by atoms with E-state index in [4.69, 9.17) is 9.26 Å². The molecule has 0 aliphatic rings. The van der Waals surface area contributed by atoms with Gasteiger partial charge in [-0.1, -0.05) is 45.4 Å². The Kier molecular flexibility index (Phi) is 6.60. The second-order valence-corrected chi connectivity index (χ2v) is 8.48. The SMILES string of the molecule is Cc1nn(Cc2ccc(Br)cc2)c(C)c1NC(=O)c1noc(C)c1COc1ccccc1F. The number of para-hydroxylation sites is 1. The molecule has 0 atom stereocenters. The lowest BCUT2D eigenvalue weighted by Crippen LogP contribution is -2.16. The molecule has 0 aliphatic heterocycles. The van der Waals surface area contributed by atoms with E-state index in [2.05, 4.69) is 31.5 Å². The summed E-state index contributed by atoms with van der Waals surface area (Å²) in [6, 6.07) is 14.0. The van der Waals surface area contributed by atoms with Gasteiger partial charge in [0.15, 0.2) is 17.3 Å². The van der Waals surface area contributed by atoms with Crippen molar-refractivity contribution in [3.05, 3.63) is 92.8 Å². The van der Waals surface area contributed by atoms with Crippen molar-refractivity contribution in [2.24, 2.45) is 0 Å². The molecular formula is C24H22BrFN4O3. The van der Waals surface area contributed by atoms with Gasteiger partial charge >= 0.3 is 0 Å². The van der Waals surface area contributed by atoms with Gasteiger partial charge in [0.25, 0.3) is 5.91 Å². The second-order valence-electron chi connectivity index (χ2n) is 7.57. The minimum Gasteiger partial charge on any atom is -0.486 e. The van der Waals surface area contributed by atoms with Gasteiger partial charge in [0.1, 0.15) is 12.4 Å². The number of hydrogen-bond donors (Lipinski definition) is 1. The van der Waals surface area contributed by atoms with E-state index in [1.165, 1.54) is 12.1 Å². The van der Waals surface area contributed by atoms with E-state index in [1.54, 1.807) is 19.1 Å². The molecule has 9 heteroatoms. The third-order valence-electron chi connectivity index (χ3n) is 5.27. The standard InChI is InChI=1S/C24H22BrFN4O3/c1-14-22(15(2)30(28-14)12-17-8-10-18(25)11-9-17)27-24(31)23-19(16(3)33-29-23)13-32-21-7-5-4-6-20(21)26/h4-11H,12-13H2,1-3H3,(H,27,31). The maximum atomic E-state index is 13.9. The average molecular weight is 513 g/mol. The van der Waals surface area contributed by atoms with Gasteiger partial charge in [0, 0.05) is 4.47 Å². The summed E-state index contributed by atoms with van der Waals surface area (Å²) in [5, 5.41) is 11.4. The Hall–Kier alpha value is -3.46. The Morgan fingerprint density at radius 1 is 1.15 bits per heavy atom. The van der Waals surface area contributed by atoms with Crippen LogP contribution in [-0.2, 0) is 13.2 Å². The molecule has 1 amide bonds. The van der Waals surface area contributed by atoms with E-state index in [9.17, 15) is 9.18 Å². The zero-order chi connectivity index (χ0) is 23.5. The lowest BCUT2D eigenvalue weighted by Gasteiger charge is -2.09. The molecular weight excluding hydrogens is 491 g/mol. The Morgan fingerprint density at radius 3 is 2.61 bits per heavy atom.